The molecule has 116 valence electrons. The maximum absolute atomic E-state index is 12.2. The molecule has 1 atom stereocenters. The van der Waals surface area contributed by atoms with Gasteiger partial charge in [-0.05, 0) is 31.9 Å². The molecular formula is C16H24N2O3. The van der Waals surface area contributed by atoms with Crippen molar-refractivity contribution < 1.29 is 14.7 Å². The monoisotopic (exact) mass is 292 g/mol. The fourth-order valence-corrected chi connectivity index (χ4v) is 2.10. The van der Waals surface area contributed by atoms with Gasteiger partial charge in [-0.3, -0.25) is 9.69 Å². The van der Waals surface area contributed by atoms with E-state index in [1.54, 1.807) is 4.90 Å². The first kappa shape index (κ1) is 17.0. The SMILES string of the molecule is CCC(CNC(=O)N(CC)c1ccc(C)cc1)CC(=O)O. The topological polar surface area (TPSA) is 69.6 Å². The number of carboxylic acid groups (broad SMARTS) is 1. The second-order valence-electron chi connectivity index (χ2n) is 5.14. The average molecular weight is 292 g/mol. The van der Waals surface area contributed by atoms with Gasteiger partial charge in [0.25, 0.3) is 0 Å². The fourth-order valence-electron chi connectivity index (χ4n) is 2.10. The average Bonchev–Trinajstić information content (AvgIpc) is 2.45. The van der Waals surface area contributed by atoms with Crippen LogP contribution in [-0.2, 0) is 4.79 Å². The van der Waals surface area contributed by atoms with Crippen LogP contribution in [-0.4, -0.2) is 30.2 Å². The number of hydrogen-bond acceptors (Lipinski definition) is 2. The van der Waals surface area contributed by atoms with Gasteiger partial charge in [-0.2, -0.15) is 0 Å². The number of hydrogen-bond donors (Lipinski definition) is 2. The fraction of sp³-hybridized carbons (Fsp3) is 0.500. The van der Waals surface area contributed by atoms with Crippen molar-refractivity contribution in [2.75, 3.05) is 18.0 Å². The number of aliphatic carboxylic acids is 1. The van der Waals surface area contributed by atoms with E-state index >= 15 is 0 Å². The Morgan fingerprint density at radius 1 is 1.24 bits per heavy atom. The first-order valence-electron chi connectivity index (χ1n) is 7.31. The van der Waals surface area contributed by atoms with E-state index in [0.717, 1.165) is 17.7 Å². The predicted octanol–water partition coefficient (Wildman–Crippen LogP) is 3.03. The van der Waals surface area contributed by atoms with Crippen molar-refractivity contribution in [3.8, 4) is 0 Å². The summed E-state index contributed by atoms with van der Waals surface area (Å²) < 4.78 is 0. The normalized spacial score (nSPS) is 11.8. The second-order valence-corrected chi connectivity index (χ2v) is 5.14. The largest absolute Gasteiger partial charge is 0.481 e. The Hall–Kier alpha value is -2.04. The number of carboxylic acids is 1. The molecule has 0 saturated heterocycles. The van der Waals surface area contributed by atoms with Gasteiger partial charge in [-0.1, -0.05) is 31.0 Å². The Labute approximate surface area is 126 Å². The van der Waals surface area contributed by atoms with Crippen molar-refractivity contribution in [1.29, 1.82) is 0 Å². The van der Waals surface area contributed by atoms with Crippen LogP contribution in [0, 0.1) is 12.8 Å². The summed E-state index contributed by atoms with van der Waals surface area (Å²) in [5, 5.41) is 11.6. The molecule has 2 amide bonds. The molecule has 2 N–H and O–H groups in total. The predicted molar refractivity (Wildman–Crippen MR) is 83.6 cm³/mol. The van der Waals surface area contributed by atoms with Gasteiger partial charge < -0.3 is 10.4 Å². The molecule has 0 saturated carbocycles. The van der Waals surface area contributed by atoms with Crippen LogP contribution in [0.15, 0.2) is 24.3 Å². The molecule has 0 aliphatic rings. The van der Waals surface area contributed by atoms with Gasteiger partial charge >= 0.3 is 12.0 Å². The zero-order valence-corrected chi connectivity index (χ0v) is 12.9. The quantitative estimate of drug-likeness (QED) is 0.811. The number of amides is 2. The van der Waals surface area contributed by atoms with E-state index in [4.69, 9.17) is 5.11 Å². The van der Waals surface area contributed by atoms with Gasteiger partial charge in [-0.15, -0.1) is 0 Å². The summed E-state index contributed by atoms with van der Waals surface area (Å²) in [7, 11) is 0. The van der Waals surface area contributed by atoms with Gasteiger partial charge in [0.05, 0.1) is 0 Å². The van der Waals surface area contributed by atoms with Gasteiger partial charge in [0.2, 0.25) is 0 Å². The number of benzene rings is 1. The van der Waals surface area contributed by atoms with E-state index in [2.05, 4.69) is 5.32 Å². The third-order valence-electron chi connectivity index (χ3n) is 3.49. The van der Waals surface area contributed by atoms with E-state index in [-0.39, 0.29) is 18.4 Å². The molecule has 0 radical (unpaired) electrons. The molecule has 0 aromatic heterocycles. The van der Waals surface area contributed by atoms with Gasteiger partial charge in [0.15, 0.2) is 0 Å². The van der Waals surface area contributed by atoms with Crippen molar-refractivity contribution in [2.24, 2.45) is 5.92 Å². The van der Waals surface area contributed by atoms with Crippen molar-refractivity contribution in [3.05, 3.63) is 29.8 Å². The Bertz CT molecular complexity index is 471. The minimum absolute atomic E-state index is 0.0387. The molecule has 0 spiro atoms. The molecule has 1 unspecified atom stereocenters. The Balaban J connectivity index is 2.63. The molecule has 1 rings (SSSR count). The number of carbonyl (C=O) groups is 2. The van der Waals surface area contributed by atoms with Crippen molar-refractivity contribution in [1.82, 2.24) is 5.32 Å². The lowest BCUT2D eigenvalue weighted by atomic mass is 10.0. The smallest absolute Gasteiger partial charge is 0.321 e. The Morgan fingerprint density at radius 2 is 1.86 bits per heavy atom. The summed E-state index contributed by atoms with van der Waals surface area (Å²) in [6, 6.07) is 7.56. The molecule has 21 heavy (non-hydrogen) atoms. The lowest BCUT2D eigenvalue weighted by Crippen LogP contribution is -2.42. The van der Waals surface area contributed by atoms with Crippen molar-refractivity contribution >= 4 is 17.7 Å². The molecule has 0 fully saturated rings. The number of rotatable bonds is 7. The van der Waals surface area contributed by atoms with Crippen molar-refractivity contribution in [3.63, 3.8) is 0 Å². The lowest BCUT2D eigenvalue weighted by Gasteiger charge is -2.23. The molecule has 5 nitrogen and oxygen atoms in total. The molecule has 0 bridgehead atoms. The van der Waals surface area contributed by atoms with Crippen LogP contribution >= 0.6 is 0 Å². The van der Waals surface area contributed by atoms with Gasteiger partial charge in [0, 0.05) is 25.2 Å². The highest BCUT2D eigenvalue weighted by Crippen LogP contribution is 2.15. The number of nitrogens with zero attached hydrogens (tertiary/aromatic N) is 1. The summed E-state index contributed by atoms with van der Waals surface area (Å²) in [5.41, 5.74) is 1.98. The number of nitrogens with one attached hydrogen (secondary N) is 1. The van der Waals surface area contributed by atoms with Crippen LogP contribution in [0.4, 0.5) is 10.5 Å². The number of carbonyl (C=O) groups excluding carboxylic acids is 1. The van der Waals surface area contributed by atoms with Crippen LogP contribution in [0.1, 0.15) is 32.3 Å². The highest BCUT2D eigenvalue weighted by atomic mass is 16.4. The molecule has 5 heteroatoms. The molecule has 0 heterocycles. The van der Waals surface area contributed by atoms with Crippen LogP contribution in [0.3, 0.4) is 0 Å². The highest BCUT2D eigenvalue weighted by Gasteiger charge is 2.16. The first-order valence-corrected chi connectivity index (χ1v) is 7.31. The van der Waals surface area contributed by atoms with Crippen molar-refractivity contribution in [2.45, 2.75) is 33.6 Å². The Morgan fingerprint density at radius 3 is 2.33 bits per heavy atom. The summed E-state index contributed by atoms with van der Waals surface area (Å²) in [4.78, 5) is 24.6. The third-order valence-corrected chi connectivity index (χ3v) is 3.49. The number of urea groups is 1. The zero-order chi connectivity index (χ0) is 15.8. The van der Waals surface area contributed by atoms with Gasteiger partial charge in [0.1, 0.15) is 0 Å². The standard InChI is InChI=1S/C16H24N2O3/c1-4-13(10-15(19)20)11-17-16(21)18(5-2)14-8-6-12(3)7-9-14/h6-9,13H,4-5,10-11H2,1-3H3,(H,17,21)(H,19,20). The van der Waals surface area contributed by atoms with E-state index < -0.39 is 5.97 Å². The lowest BCUT2D eigenvalue weighted by molar-refractivity contribution is -0.138. The zero-order valence-electron chi connectivity index (χ0n) is 12.9. The minimum Gasteiger partial charge on any atom is -0.481 e. The van der Waals surface area contributed by atoms with Crippen LogP contribution < -0.4 is 10.2 Å². The van der Waals surface area contributed by atoms with Crippen LogP contribution in [0.5, 0.6) is 0 Å². The third kappa shape index (κ3) is 5.45. The minimum atomic E-state index is -0.831. The second kappa shape index (κ2) is 8.29. The van der Waals surface area contributed by atoms with Crippen LogP contribution in [0.25, 0.3) is 0 Å². The van der Waals surface area contributed by atoms with E-state index in [1.807, 2.05) is 45.0 Å². The van der Waals surface area contributed by atoms with E-state index in [9.17, 15) is 9.59 Å². The summed E-state index contributed by atoms with van der Waals surface area (Å²) in [6.07, 6.45) is 0.802. The maximum atomic E-state index is 12.2. The van der Waals surface area contributed by atoms with E-state index in [0.29, 0.717) is 13.1 Å². The molecule has 1 aromatic carbocycles. The molecule has 0 aliphatic carbocycles. The molecule has 0 aliphatic heterocycles. The molecular weight excluding hydrogens is 268 g/mol. The summed E-state index contributed by atoms with van der Waals surface area (Å²) >= 11 is 0. The number of aryl methyl sites for hydroxylation is 1. The van der Waals surface area contributed by atoms with Gasteiger partial charge in [-0.25, -0.2) is 4.79 Å². The highest BCUT2D eigenvalue weighted by molar-refractivity contribution is 5.91. The van der Waals surface area contributed by atoms with E-state index in [1.165, 1.54) is 0 Å². The maximum Gasteiger partial charge on any atom is 0.321 e. The summed E-state index contributed by atoms with van der Waals surface area (Å²) in [5.74, 6) is -0.870. The first-order chi connectivity index (χ1) is 9.97. The number of anilines is 1. The Kier molecular flexibility index (Phi) is 6.72. The summed E-state index contributed by atoms with van der Waals surface area (Å²) in [6.45, 7) is 6.78. The molecule has 1 aromatic rings. The van der Waals surface area contributed by atoms with Crippen LogP contribution in [0.2, 0.25) is 0 Å².